The second kappa shape index (κ2) is 10.4. The van der Waals surface area contributed by atoms with Crippen molar-refractivity contribution in [2.24, 2.45) is 0 Å². The molecule has 1 amide bonds. The summed E-state index contributed by atoms with van der Waals surface area (Å²) < 4.78 is 1.70. The highest BCUT2D eigenvalue weighted by molar-refractivity contribution is 5.92. The first kappa shape index (κ1) is 20.5. The van der Waals surface area contributed by atoms with Gasteiger partial charge in [0, 0.05) is 30.2 Å². The summed E-state index contributed by atoms with van der Waals surface area (Å²) >= 11 is 0. The molecule has 1 aliphatic rings. The van der Waals surface area contributed by atoms with Crippen LogP contribution in [-0.4, -0.2) is 55.6 Å². The highest BCUT2D eigenvalue weighted by Crippen LogP contribution is 2.19. The number of imidazole rings is 1. The minimum atomic E-state index is -0.250. The number of nitrogens with one attached hydrogen (secondary N) is 2. The van der Waals surface area contributed by atoms with Crippen molar-refractivity contribution in [1.29, 1.82) is 0 Å². The van der Waals surface area contributed by atoms with E-state index in [1.165, 1.54) is 0 Å². The van der Waals surface area contributed by atoms with E-state index < -0.39 is 0 Å². The van der Waals surface area contributed by atoms with Crippen molar-refractivity contribution in [1.82, 2.24) is 30.2 Å². The molecule has 2 aromatic heterocycles. The average Bonchev–Trinajstić information content (AvgIpc) is 3.18. The van der Waals surface area contributed by atoms with Gasteiger partial charge in [-0.05, 0) is 45.2 Å². The molecule has 3 rings (SSSR count). The average molecular weight is 374 g/mol. The first-order valence-electron chi connectivity index (χ1n) is 9.03. The summed E-state index contributed by atoms with van der Waals surface area (Å²) in [6, 6.07) is 2.52. The molecule has 0 saturated heterocycles. The third kappa shape index (κ3) is 6.14. The summed E-state index contributed by atoms with van der Waals surface area (Å²) in [5, 5.41) is 13.5. The zero-order valence-electron chi connectivity index (χ0n) is 15.6. The Labute approximate surface area is 158 Å². The fraction of sp³-hybridized carbons (Fsp3) is 0.500. The number of hydrogen-bond donors (Lipinski definition) is 3. The van der Waals surface area contributed by atoms with Gasteiger partial charge < -0.3 is 15.7 Å². The summed E-state index contributed by atoms with van der Waals surface area (Å²) in [4.78, 5) is 33.6. The zero-order valence-corrected chi connectivity index (χ0v) is 15.6. The van der Waals surface area contributed by atoms with Gasteiger partial charge in [0.2, 0.25) is 5.95 Å². The van der Waals surface area contributed by atoms with Crippen LogP contribution in [0.4, 0.5) is 0 Å². The van der Waals surface area contributed by atoms with Crippen LogP contribution in [0.15, 0.2) is 24.8 Å². The molecule has 3 N–H and O–H groups in total. The van der Waals surface area contributed by atoms with Crippen molar-refractivity contribution >= 4 is 12.4 Å². The van der Waals surface area contributed by atoms with Crippen molar-refractivity contribution < 1.29 is 14.7 Å². The Bertz CT molecular complexity index is 727. The van der Waals surface area contributed by atoms with Crippen LogP contribution in [0, 0.1) is 6.92 Å². The Balaban J connectivity index is 0.000000817. The third-order valence-corrected chi connectivity index (χ3v) is 4.37. The Kier molecular flexibility index (Phi) is 7.87. The molecular formula is C18H26N6O3. The van der Waals surface area contributed by atoms with E-state index >= 15 is 0 Å². The monoisotopic (exact) mass is 374 g/mol. The number of hydrogen-bond acceptors (Lipinski definition) is 6. The first-order valence-corrected chi connectivity index (χ1v) is 9.03. The molecule has 0 aliphatic heterocycles. The topological polar surface area (TPSA) is 122 Å². The molecule has 2 heterocycles. The number of carboxylic acid groups (broad SMARTS) is 1. The number of aromatic nitrogens is 4. The second-order valence-corrected chi connectivity index (χ2v) is 6.35. The molecule has 1 fully saturated rings. The number of carbonyl (C=O) groups excluding carboxylic acids is 1. The van der Waals surface area contributed by atoms with Crippen LogP contribution in [0.3, 0.4) is 0 Å². The van der Waals surface area contributed by atoms with Gasteiger partial charge in [-0.2, -0.15) is 0 Å². The molecule has 1 aliphatic carbocycles. The summed E-state index contributed by atoms with van der Waals surface area (Å²) in [7, 11) is 0. The van der Waals surface area contributed by atoms with Crippen LogP contribution in [-0.2, 0) is 4.79 Å². The van der Waals surface area contributed by atoms with Crippen LogP contribution in [0.25, 0.3) is 5.95 Å². The third-order valence-electron chi connectivity index (χ3n) is 4.37. The second-order valence-electron chi connectivity index (χ2n) is 6.35. The quantitative estimate of drug-likeness (QED) is 0.675. The molecule has 9 heteroatoms. The highest BCUT2D eigenvalue weighted by Gasteiger charge is 2.23. The molecule has 0 atom stereocenters. The highest BCUT2D eigenvalue weighted by atomic mass is 16.3. The molecule has 146 valence electrons. The predicted molar refractivity (Wildman–Crippen MR) is 99.8 cm³/mol. The molecule has 1 saturated carbocycles. The van der Waals surface area contributed by atoms with E-state index in [2.05, 4.69) is 32.5 Å². The van der Waals surface area contributed by atoms with Crippen LogP contribution < -0.4 is 10.6 Å². The molecular weight excluding hydrogens is 348 g/mol. The largest absolute Gasteiger partial charge is 0.483 e. The summed E-state index contributed by atoms with van der Waals surface area (Å²) in [6.45, 7) is 4.74. The van der Waals surface area contributed by atoms with Gasteiger partial charge in [-0.25, -0.2) is 15.0 Å². The molecule has 0 bridgehead atoms. The molecule has 9 nitrogen and oxygen atoms in total. The van der Waals surface area contributed by atoms with Gasteiger partial charge in [-0.1, -0.05) is 6.92 Å². The Morgan fingerprint density at radius 1 is 1.30 bits per heavy atom. The minimum Gasteiger partial charge on any atom is -0.483 e. The summed E-state index contributed by atoms with van der Waals surface area (Å²) in [6.07, 6.45) is 9.25. The van der Waals surface area contributed by atoms with E-state index in [4.69, 9.17) is 9.90 Å². The Hall–Kier alpha value is -2.81. The van der Waals surface area contributed by atoms with Gasteiger partial charge in [-0.3, -0.25) is 14.2 Å². The van der Waals surface area contributed by atoms with E-state index in [9.17, 15) is 4.79 Å². The van der Waals surface area contributed by atoms with Crippen LogP contribution in [0.5, 0.6) is 0 Å². The van der Waals surface area contributed by atoms with E-state index in [1.807, 2.05) is 6.92 Å². The lowest BCUT2D eigenvalue weighted by Crippen LogP contribution is -2.42. The Morgan fingerprint density at radius 2 is 1.96 bits per heavy atom. The maximum absolute atomic E-state index is 12.6. The van der Waals surface area contributed by atoms with E-state index in [-0.39, 0.29) is 18.4 Å². The van der Waals surface area contributed by atoms with E-state index in [0.29, 0.717) is 17.7 Å². The van der Waals surface area contributed by atoms with Gasteiger partial charge in [0.1, 0.15) is 12.0 Å². The maximum Gasteiger partial charge on any atom is 0.290 e. The smallest absolute Gasteiger partial charge is 0.290 e. The molecule has 0 spiro atoms. The fourth-order valence-electron chi connectivity index (χ4n) is 3.15. The van der Waals surface area contributed by atoms with E-state index in [1.54, 1.807) is 29.4 Å². The van der Waals surface area contributed by atoms with Gasteiger partial charge in [-0.15, -0.1) is 0 Å². The maximum atomic E-state index is 12.6. The number of nitrogens with zero attached hydrogens (tertiary/aromatic N) is 4. The normalized spacial score (nSPS) is 18.9. The lowest BCUT2D eigenvalue weighted by atomic mass is 9.91. The minimum absolute atomic E-state index is 0.131. The van der Waals surface area contributed by atoms with Crippen LogP contribution in [0.2, 0.25) is 0 Å². The van der Waals surface area contributed by atoms with Crippen LogP contribution >= 0.6 is 0 Å². The molecule has 0 unspecified atom stereocenters. The SMILES string of the molecule is CCNC1CCC(NC(=O)c2cc(C)nc(-n3ccnc3)n2)CC1.O=CO. The predicted octanol–water partition coefficient (Wildman–Crippen LogP) is 1.32. The van der Waals surface area contributed by atoms with Gasteiger partial charge in [0.05, 0.1) is 0 Å². The number of rotatable bonds is 5. The Morgan fingerprint density at radius 3 is 2.56 bits per heavy atom. The number of carbonyl (C=O) groups is 2. The molecule has 27 heavy (non-hydrogen) atoms. The van der Waals surface area contributed by atoms with Crippen molar-refractivity contribution in [3.8, 4) is 5.95 Å². The van der Waals surface area contributed by atoms with Crippen LogP contribution in [0.1, 0.15) is 48.8 Å². The number of aryl methyl sites for hydroxylation is 1. The fourth-order valence-corrected chi connectivity index (χ4v) is 3.15. The molecule has 0 aromatic carbocycles. The molecule has 2 aromatic rings. The van der Waals surface area contributed by atoms with Crippen molar-refractivity contribution in [3.63, 3.8) is 0 Å². The lowest BCUT2D eigenvalue weighted by molar-refractivity contribution is -0.122. The van der Waals surface area contributed by atoms with E-state index in [0.717, 1.165) is 37.9 Å². The van der Waals surface area contributed by atoms with Crippen molar-refractivity contribution in [2.75, 3.05) is 6.54 Å². The summed E-state index contributed by atoms with van der Waals surface area (Å²) in [5.41, 5.74) is 1.16. The van der Waals surface area contributed by atoms with Gasteiger partial charge in [0.15, 0.2) is 0 Å². The first-order chi connectivity index (χ1) is 13.1. The van der Waals surface area contributed by atoms with Crippen molar-refractivity contribution in [3.05, 3.63) is 36.2 Å². The number of amides is 1. The lowest BCUT2D eigenvalue weighted by Gasteiger charge is -2.29. The summed E-state index contributed by atoms with van der Waals surface area (Å²) in [5.74, 6) is 0.335. The molecule has 0 radical (unpaired) electrons. The standard InChI is InChI=1S/C17H24N6O.CH2O2/c1-3-19-13-4-6-14(7-5-13)21-16(24)15-10-12(2)20-17(22-15)23-9-8-18-11-23;2-1-3/h8-11,13-14,19H,3-7H2,1-2H3,(H,21,24);1H,(H,2,3). The zero-order chi connectivity index (χ0) is 19.6. The van der Waals surface area contributed by atoms with Crippen molar-refractivity contribution in [2.45, 2.75) is 51.6 Å². The van der Waals surface area contributed by atoms with Gasteiger partial charge >= 0.3 is 0 Å². The van der Waals surface area contributed by atoms with Gasteiger partial charge in [0.25, 0.3) is 12.4 Å².